The van der Waals surface area contributed by atoms with Crippen LogP contribution in [0.5, 0.6) is 0 Å². The van der Waals surface area contributed by atoms with Crippen molar-refractivity contribution in [1.82, 2.24) is 4.57 Å². The number of rotatable bonds is 10. The van der Waals surface area contributed by atoms with E-state index in [1.807, 2.05) is 0 Å². The van der Waals surface area contributed by atoms with Crippen molar-refractivity contribution >= 4 is 73.1 Å². The molecule has 10 nitrogen and oxygen atoms in total. The van der Waals surface area contributed by atoms with Gasteiger partial charge in [0.05, 0.1) is 38.8 Å². The van der Waals surface area contributed by atoms with Gasteiger partial charge < -0.3 is 14.6 Å². The van der Waals surface area contributed by atoms with E-state index in [4.69, 9.17) is 4.74 Å². The Morgan fingerprint density at radius 1 is 1.33 bits per heavy atom. The number of thioether (sulfide) groups is 1. The molecule has 1 aliphatic rings. The summed E-state index contributed by atoms with van der Waals surface area (Å²) in [5.74, 6) is -0.683. The van der Waals surface area contributed by atoms with Gasteiger partial charge in [-0.1, -0.05) is 24.3 Å². The number of fused-ring (bicyclic) bond motifs is 2. The van der Waals surface area contributed by atoms with Gasteiger partial charge in [-0.25, -0.2) is 4.79 Å². The molecule has 0 radical (unpaired) electrons. The lowest BCUT2D eigenvalue weighted by atomic mass is 9.88. The topological polar surface area (TPSA) is 133 Å². The molecule has 2 amide bonds. The van der Waals surface area contributed by atoms with Crippen LogP contribution in [0.4, 0.5) is 10.7 Å². The van der Waals surface area contributed by atoms with Crippen LogP contribution in [-0.4, -0.2) is 45.4 Å². The van der Waals surface area contributed by atoms with Crippen LogP contribution >= 0.6 is 34.4 Å². The number of nitrogens with zero attached hydrogens (tertiary/aromatic N) is 3. The van der Waals surface area contributed by atoms with Crippen LogP contribution in [0.25, 0.3) is 10.2 Å². The van der Waals surface area contributed by atoms with Crippen molar-refractivity contribution in [2.45, 2.75) is 39.7 Å². The SMILES string of the molecule is C=CCn1c(=NC(=O)CSCC(=O)Nc2sc3c(c2C(=O)OCC)CCC(C)C3)sc2cc([N+](=O)[O-])ccc21. The number of anilines is 1. The van der Waals surface area contributed by atoms with Crippen molar-refractivity contribution in [3.8, 4) is 0 Å². The number of hydrogen-bond donors (Lipinski definition) is 1. The maximum atomic E-state index is 12.7. The third-order valence-electron chi connectivity index (χ3n) is 6.11. The summed E-state index contributed by atoms with van der Waals surface area (Å²) >= 11 is 3.72. The van der Waals surface area contributed by atoms with Crippen LogP contribution in [-0.2, 0) is 33.7 Å². The van der Waals surface area contributed by atoms with Gasteiger partial charge in [0, 0.05) is 23.6 Å². The third-order valence-corrected chi connectivity index (χ3v) is 9.24. The van der Waals surface area contributed by atoms with Gasteiger partial charge in [-0.2, -0.15) is 4.99 Å². The Bertz CT molecular complexity index is 1520. The number of allylic oxidation sites excluding steroid dienone is 1. The molecule has 1 aliphatic carbocycles. The van der Waals surface area contributed by atoms with Crippen LogP contribution in [0.15, 0.2) is 35.8 Å². The molecule has 0 aliphatic heterocycles. The van der Waals surface area contributed by atoms with E-state index in [1.165, 1.54) is 34.8 Å². The zero-order valence-electron chi connectivity index (χ0n) is 21.6. The van der Waals surface area contributed by atoms with Gasteiger partial charge in [-0.15, -0.1) is 29.7 Å². The Morgan fingerprint density at radius 3 is 2.85 bits per heavy atom. The molecule has 0 saturated carbocycles. The predicted octanol–water partition coefficient (Wildman–Crippen LogP) is 4.96. The molecule has 3 aromatic rings. The summed E-state index contributed by atoms with van der Waals surface area (Å²) in [4.78, 5) is 54.4. The number of nitro groups is 1. The van der Waals surface area contributed by atoms with E-state index in [0.29, 0.717) is 32.5 Å². The van der Waals surface area contributed by atoms with Crippen LogP contribution in [0.2, 0.25) is 0 Å². The Hall–Kier alpha value is -3.29. The Kier molecular flexibility index (Phi) is 9.36. The Labute approximate surface area is 236 Å². The van der Waals surface area contributed by atoms with Crippen molar-refractivity contribution in [1.29, 1.82) is 0 Å². The number of nitrogens with one attached hydrogen (secondary N) is 1. The molecule has 13 heteroatoms. The number of carbonyl (C=O) groups excluding carboxylic acids is 3. The van der Waals surface area contributed by atoms with E-state index in [0.717, 1.165) is 47.0 Å². The molecule has 2 aromatic heterocycles. The third kappa shape index (κ3) is 6.65. The molecular weight excluding hydrogens is 561 g/mol. The van der Waals surface area contributed by atoms with E-state index in [-0.39, 0.29) is 29.7 Å². The molecule has 2 heterocycles. The smallest absolute Gasteiger partial charge is 0.341 e. The quantitative estimate of drug-likeness (QED) is 0.153. The zero-order valence-corrected chi connectivity index (χ0v) is 24.0. The van der Waals surface area contributed by atoms with Gasteiger partial charge in [-0.05, 0) is 43.7 Å². The summed E-state index contributed by atoms with van der Waals surface area (Å²) in [5.41, 5.74) is 2.09. The molecule has 1 unspecified atom stereocenters. The molecule has 0 fully saturated rings. The summed E-state index contributed by atoms with van der Waals surface area (Å²) in [6.07, 6.45) is 4.28. The summed E-state index contributed by atoms with van der Waals surface area (Å²) in [5, 5.41) is 14.5. The standard InChI is InChI=1S/C26H28N4O6S3/c1-4-10-29-18-9-7-16(30(34)35)12-20(18)39-26(29)28-22(32)14-37-13-21(31)27-24-23(25(33)36-5-2)17-8-6-15(3)11-19(17)38-24/h4,7,9,12,15H,1,5-6,8,10-11,13-14H2,2-3H3,(H,27,31). The molecule has 0 spiro atoms. The fourth-order valence-electron chi connectivity index (χ4n) is 4.36. The lowest BCUT2D eigenvalue weighted by Crippen LogP contribution is -2.19. The van der Waals surface area contributed by atoms with Gasteiger partial charge >= 0.3 is 5.97 Å². The van der Waals surface area contributed by atoms with Crippen molar-refractivity contribution < 1.29 is 24.0 Å². The molecule has 1 N–H and O–H groups in total. The summed E-state index contributed by atoms with van der Waals surface area (Å²) in [7, 11) is 0. The number of thiophene rings is 1. The first-order chi connectivity index (χ1) is 18.7. The molecule has 206 valence electrons. The molecule has 1 aromatic carbocycles. The monoisotopic (exact) mass is 588 g/mol. The molecule has 39 heavy (non-hydrogen) atoms. The Balaban J connectivity index is 1.43. The van der Waals surface area contributed by atoms with Gasteiger partial charge in [0.15, 0.2) is 4.80 Å². The highest BCUT2D eigenvalue weighted by Crippen LogP contribution is 2.40. The molecule has 0 saturated heterocycles. The molecular formula is C26H28N4O6S3. The molecule has 4 rings (SSSR count). The summed E-state index contributed by atoms with van der Waals surface area (Å²) < 4.78 is 7.65. The number of benzene rings is 1. The van der Waals surface area contributed by atoms with E-state index < -0.39 is 16.8 Å². The fraction of sp³-hybridized carbons (Fsp3) is 0.385. The first kappa shape index (κ1) is 28.7. The number of carbonyl (C=O) groups is 3. The lowest BCUT2D eigenvalue weighted by Gasteiger charge is -2.18. The zero-order chi connectivity index (χ0) is 28.1. The average Bonchev–Trinajstić information content (AvgIpc) is 3.40. The van der Waals surface area contributed by atoms with Crippen molar-refractivity contribution in [2.24, 2.45) is 10.9 Å². The minimum absolute atomic E-state index is 0.00770. The fourth-order valence-corrected chi connectivity index (χ4v) is 7.46. The van der Waals surface area contributed by atoms with Crippen molar-refractivity contribution in [3.63, 3.8) is 0 Å². The minimum atomic E-state index is -0.470. The van der Waals surface area contributed by atoms with Crippen molar-refractivity contribution in [3.05, 3.63) is 61.8 Å². The van der Waals surface area contributed by atoms with Gasteiger partial charge in [0.1, 0.15) is 5.00 Å². The molecule has 1 atom stereocenters. The number of thiazole rings is 1. The highest BCUT2D eigenvalue weighted by molar-refractivity contribution is 8.00. The van der Waals surface area contributed by atoms with E-state index in [2.05, 4.69) is 23.8 Å². The highest BCUT2D eigenvalue weighted by atomic mass is 32.2. The number of amides is 2. The second kappa shape index (κ2) is 12.7. The minimum Gasteiger partial charge on any atom is -0.462 e. The Morgan fingerprint density at radius 2 is 2.13 bits per heavy atom. The highest BCUT2D eigenvalue weighted by Gasteiger charge is 2.29. The number of nitro benzene ring substituents is 1. The average molecular weight is 589 g/mol. The van der Waals surface area contributed by atoms with E-state index >= 15 is 0 Å². The molecule has 0 bridgehead atoms. The van der Waals surface area contributed by atoms with Gasteiger partial charge in [0.2, 0.25) is 5.91 Å². The lowest BCUT2D eigenvalue weighted by molar-refractivity contribution is -0.384. The number of hydrogen-bond acceptors (Lipinski definition) is 9. The van der Waals surface area contributed by atoms with Crippen LogP contribution in [0, 0.1) is 16.0 Å². The van der Waals surface area contributed by atoms with Crippen LogP contribution < -0.4 is 10.1 Å². The summed E-state index contributed by atoms with van der Waals surface area (Å²) in [6.45, 7) is 8.28. The second-order valence-corrected chi connectivity index (χ2v) is 12.1. The normalized spacial score (nSPS) is 15.1. The first-order valence-electron chi connectivity index (χ1n) is 12.4. The number of aromatic nitrogens is 1. The summed E-state index contributed by atoms with van der Waals surface area (Å²) in [6, 6.07) is 4.49. The van der Waals surface area contributed by atoms with Crippen molar-refractivity contribution in [2.75, 3.05) is 23.4 Å². The number of ether oxygens (including phenoxy) is 1. The predicted molar refractivity (Wildman–Crippen MR) is 155 cm³/mol. The first-order valence-corrected chi connectivity index (χ1v) is 15.2. The number of esters is 1. The van der Waals surface area contributed by atoms with E-state index in [1.54, 1.807) is 23.6 Å². The van der Waals surface area contributed by atoms with Crippen LogP contribution in [0.3, 0.4) is 0 Å². The number of non-ortho nitro benzene ring substituents is 1. The van der Waals surface area contributed by atoms with Gasteiger partial charge in [0.25, 0.3) is 11.6 Å². The van der Waals surface area contributed by atoms with Gasteiger partial charge in [-0.3, -0.25) is 19.7 Å². The van der Waals surface area contributed by atoms with E-state index in [9.17, 15) is 24.5 Å². The maximum Gasteiger partial charge on any atom is 0.341 e. The maximum absolute atomic E-state index is 12.7. The second-order valence-electron chi connectivity index (χ2n) is 9.02. The largest absolute Gasteiger partial charge is 0.462 e. The van der Waals surface area contributed by atoms with Crippen LogP contribution in [0.1, 0.15) is 41.1 Å².